The lowest BCUT2D eigenvalue weighted by molar-refractivity contribution is -0.156. The van der Waals surface area contributed by atoms with Crippen molar-refractivity contribution >= 4 is 34.8 Å². The third-order valence-corrected chi connectivity index (χ3v) is 5.12. The molecule has 1 aromatic carbocycles. The number of thiophene rings is 1. The van der Waals surface area contributed by atoms with Crippen LogP contribution in [0.1, 0.15) is 30.4 Å². The number of carbonyl (C=O) groups excluding carboxylic acids is 3. The van der Waals surface area contributed by atoms with Gasteiger partial charge < -0.3 is 24.8 Å². The molecule has 3 rings (SSSR count). The van der Waals surface area contributed by atoms with Crippen LogP contribution in [-0.4, -0.2) is 36.7 Å². The van der Waals surface area contributed by atoms with Gasteiger partial charge >= 0.3 is 5.97 Å². The molecular weight excluding hydrogens is 396 g/mol. The molecule has 0 saturated carbocycles. The molecule has 9 heteroatoms. The van der Waals surface area contributed by atoms with Crippen molar-refractivity contribution in [2.45, 2.75) is 32.9 Å². The molecular formula is C20H22N2O6S. The number of hydrogen-bond donors (Lipinski definition) is 2. The zero-order chi connectivity index (χ0) is 21.0. The van der Waals surface area contributed by atoms with E-state index in [0.717, 1.165) is 0 Å². The highest BCUT2D eigenvalue weighted by molar-refractivity contribution is 7.12. The highest BCUT2D eigenvalue weighted by Gasteiger charge is 2.29. The van der Waals surface area contributed by atoms with E-state index in [1.807, 2.05) is 0 Å². The molecule has 8 nitrogen and oxygen atoms in total. The Labute approximate surface area is 172 Å². The summed E-state index contributed by atoms with van der Waals surface area (Å²) in [5.74, 6) is -0.599. The fourth-order valence-corrected chi connectivity index (χ4v) is 3.26. The van der Waals surface area contributed by atoms with E-state index < -0.39 is 24.0 Å². The molecule has 2 amide bonds. The predicted molar refractivity (Wildman–Crippen MR) is 107 cm³/mol. The minimum atomic E-state index is -1.05. The molecule has 0 saturated heterocycles. The first-order valence-corrected chi connectivity index (χ1v) is 9.98. The Kier molecular flexibility index (Phi) is 6.38. The van der Waals surface area contributed by atoms with Crippen LogP contribution >= 0.6 is 11.3 Å². The predicted octanol–water partition coefficient (Wildman–Crippen LogP) is 2.80. The van der Waals surface area contributed by atoms with Crippen molar-refractivity contribution in [2.24, 2.45) is 5.92 Å². The third kappa shape index (κ3) is 5.05. The lowest BCUT2D eigenvalue weighted by Gasteiger charge is -2.22. The zero-order valence-corrected chi connectivity index (χ0v) is 17.1. The van der Waals surface area contributed by atoms with Crippen LogP contribution in [0.4, 0.5) is 5.69 Å². The molecule has 0 fully saturated rings. The average molecular weight is 418 g/mol. The molecule has 2 aromatic rings. The monoisotopic (exact) mass is 418 g/mol. The Morgan fingerprint density at radius 3 is 2.55 bits per heavy atom. The van der Waals surface area contributed by atoms with E-state index in [2.05, 4.69) is 10.6 Å². The van der Waals surface area contributed by atoms with Gasteiger partial charge in [-0.25, -0.2) is 4.79 Å². The van der Waals surface area contributed by atoms with Crippen LogP contribution in [0.25, 0.3) is 0 Å². The standard InChI is InChI=1S/C20H22N2O6S/c1-11(2)17(22-19(24)16-5-4-8-29-16)20(25)28-12(3)18(23)21-13-6-7-14-15(9-13)27-10-26-14/h4-9,11-12,17H,10H2,1-3H3,(H,21,23)(H,22,24). The fraction of sp³-hybridized carbons (Fsp3) is 0.350. The van der Waals surface area contributed by atoms with E-state index in [9.17, 15) is 14.4 Å². The van der Waals surface area contributed by atoms with Crippen LogP contribution in [0.3, 0.4) is 0 Å². The van der Waals surface area contributed by atoms with Crippen LogP contribution in [0.5, 0.6) is 11.5 Å². The lowest BCUT2D eigenvalue weighted by atomic mass is 10.0. The summed E-state index contributed by atoms with van der Waals surface area (Å²) in [6, 6.07) is 7.54. The number of esters is 1. The lowest BCUT2D eigenvalue weighted by Crippen LogP contribution is -2.47. The number of rotatable bonds is 7. The van der Waals surface area contributed by atoms with Gasteiger partial charge in [0.25, 0.3) is 11.8 Å². The van der Waals surface area contributed by atoms with Crippen LogP contribution in [0.15, 0.2) is 35.7 Å². The summed E-state index contributed by atoms with van der Waals surface area (Å²) in [5.41, 5.74) is 0.494. The summed E-state index contributed by atoms with van der Waals surface area (Å²) >= 11 is 1.28. The summed E-state index contributed by atoms with van der Waals surface area (Å²) < 4.78 is 15.8. The average Bonchev–Trinajstić information content (AvgIpc) is 3.36. The van der Waals surface area contributed by atoms with Crippen molar-refractivity contribution in [1.82, 2.24) is 5.32 Å². The van der Waals surface area contributed by atoms with Gasteiger partial charge in [-0.3, -0.25) is 9.59 Å². The molecule has 2 atom stereocenters. The maximum absolute atomic E-state index is 12.6. The number of fused-ring (bicyclic) bond motifs is 1. The molecule has 2 unspecified atom stereocenters. The normalized spacial score (nSPS) is 14.2. The summed E-state index contributed by atoms with van der Waals surface area (Å²) in [5, 5.41) is 7.12. The first-order valence-electron chi connectivity index (χ1n) is 9.10. The quantitative estimate of drug-likeness (QED) is 0.671. The van der Waals surface area contributed by atoms with Gasteiger partial charge in [0.2, 0.25) is 6.79 Å². The number of hydrogen-bond acceptors (Lipinski definition) is 7. The van der Waals surface area contributed by atoms with Gasteiger partial charge in [0.05, 0.1) is 4.88 Å². The number of ether oxygens (including phenoxy) is 3. The van der Waals surface area contributed by atoms with E-state index >= 15 is 0 Å². The Hall–Kier alpha value is -3.07. The van der Waals surface area contributed by atoms with Crippen LogP contribution in [-0.2, 0) is 14.3 Å². The van der Waals surface area contributed by atoms with E-state index in [-0.39, 0.29) is 18.6 Å². The van der Waals surface area contributed by atoms with Crippen molar-refractivity contribution in [3.05, 3.63) is 40.6 Å². The van der Waals surface area contributed by atoms with Gasteiger partial charge in [-0.15, -0.1) is 11.3 Å². The highest BCUT2D eigenvalue weighted by Crippen LogP contribution is 2.34. The summed E-state index contributed by atoms with van der Waals surface area (Å²) in [6.45, 7) is 5.18. The maximum atomic E-state index is 12.6. The van der Waals surface area contributed by atoms with Crippen LogP contribution in [0.2, 0.25) is 0 Å². The Morgan fingerprint density at radius 2 is 1.86 bits per heavy atom. The third-order valence-electron chi connectivity index (χ3n) is 4.25. The molecule has 1 aliphatic rings. The topological polar surface area (TPSA) is 103 Å². The van der Waals surface area contributed by atoms with Gasteiger partial charge in [0.1, 0.15) is 6.04 Å². The van der Waals surface area contributed by atoms with E-state index in [1.54, 1.807) is 49.6 Å². The molecule has 0 spiro atoms. The Bertz CT molecular complexity index is 896. The van der Waals surface area contributed by atoms with Crippen molar-refractivity contribution in [1.29, 1.82) is 0 Å². The summed E-state index contributed by atoms with van der Waals surface area (Å²) in [6.07, 6.45) is -1.05. The molecule has 0 bridgehead atoms. The van der Waals surface area contributed by atoms with Crippen molar-refractivity contribution in [3.63, 3.8) is 0 Å². The molecule has 0 aliphatic carbocycles. The van der Waals surface area contributed by atoms with Gasteiger partial charge in [-0.1, -0.05) is 19.9 Å². The second-order valence-corrected chi connectivity index (χ2v) is 7.76. The van der Waals surface area contributed by atoms with E-state index in [0.29, 0.717) is 22.1 Å². The molecule has 154 valence electrons. The van der Waals surface area contributed by atoms with Crippen LogP contribution in [0, 0.1) is 5.92 Å². The summed E-state index contributed by atoms with van der Waals surface area (Å²) in [7, 11) is 0. The van der Waals surface area contributed by atoms with Crippen LogP contribution < -0.4 is 20.1 Å². The Morgan fingerprint density at radius 1 is 1.10 bits per heavy atom. The number of carbonyl (C=O) groups is 3. The van der Waals surface area contributed by atoms with E-state index in [1.165, 1.54) is 18.3 Å². The summed E-state index contributed by atoms with van der Waals surface area (Å²) in [4.78, 5) is 37.7. The smallest absolute Gasteiger partial charge is 0.329 e. The van der Waals surface area contributed by atoms with Gasteiger partial charge in [0.15, 0.2) is 17.6 Å². The Balaban J connectivity index is 1.58. The number of benzene rings is 1. The molecule has 29 heavy (non-hydrogen) atoms. The second kappa shape index (κ2) is 8.95. The van der Waals surface area contributed by atoms with Crippen molar-refractivity contribution in [2.75, 3.05) is 12.1 Å². The molecule has 0 radical (unpaired) electrons. The largest absolute Gasteiger partial charge is 0.454 e. The first kappa shape index (κ1) is 20.7. The van der Waals surface area contributed by atoms with Gasteiger partial charge in [0, 0.05) is 11.8 Å². The molecule has 2 N–H and O–H groups in total. The number of anilines is 1. The molecule has 1 aliphatic heterocycles. The van der Waals surface area contributed by atoms with Gasteiger partial charge in [-0.2, -0.15) is 0 Å². The minimum absolute atomic E-state index is 0.133. The first-order chi connectivity index (χ1) is 13.8. The molecule has 2 heterocycles. The second-order valence-electron chi connectivity index (χ2n) is 6.81. The fourth-order valence-electron chi connectivity index (χ4n) is 2.64. The minimum Gasteiger partial charge on any atom is -0.454 e. The number of nitrogens with one attached hydrogen (secondary N) is 2. The van der Waals surface area contributed by atoms with Gasteiger partial charge in [-0.05, 0) is 36.4 Å². The molecule has 1 aromatic heterocycles. The maximum Gasteiger partial charge on any atom is 0.329 e. The highest BCUT2D eigenvalue weighted by atomic mass is 32.1. The van der Waals surface area contributed by atoms with Crippen molar-refractivity contribution in [3.8, 4) is 11.5 Å². The number of amides is 2. The SMILES string of the molecule is CC(OC(=O)C(NC(=O)c1cccs1)C(C)C)C(=O)Nc1ccc2c(c1)OCO2. The van der Waals surface area contributed by atoms with Crippen molar-refractivity contribution < 1.29 is 28.6 Å². The zero-order valence-electron chi connectivity index (χ0n) is 16.3. The van der Waals surface area contributed by atoms with E-state index in [4.69, 9.17) is 14.2 Å².